The SMILES string of the molecule is COc1ccccc1[C@@H](C)N(C)C(=O)NCCn1cncn1. The Morgan fingerprint density at radius 2 is 2.23 bits per heavy atom. The highest BCUT2D eigenvalue weighted by Crippen LogP contribution is 2.27. The second kappa shape index (κ2) is 7.44. The molecule has 1 heterocycles. The number of carbonyl (C=O) groups is 1. The zero-order valence-corrected chi connectivity index (χ0v) is 13.1. The molecule has 2 aromatic rings. The van der Waals surface area contributed by atoms with Gasteiger partial charge in [-0.05, 0) is 13.0 Å². The van der Waals surface area contributed by atoms with Crippen molar-refractivity contribution in [3.63, 3.8) is 0 Å². The van der Waals surface area contributed by atoms with Crippen LogP contribution in [0.5, 0.6) is 5.75 Å². The quantitative estimate of drug-likeness (QED) is 0.881. The normalized spacial score (nSPS) is 11.8. The van der Waals surface area contributed by atoms with Gasteiger partial charge >= 0.3 is 6.03 Å². The summed E-state index contributed by atoms with van der Waals surface area (Å²) in [6.45, 7) is 3.04. The smallest absolute Gasteiger partial charge is 0.317 e. The molecule has 2 rings (SSSR count). The molecule has 0 saturated heterocycles. The van der Waals surface area contributed by atoms with Gasteiger partial charge in [-0.15, -0.1) is 0 Å². The number of nitrogens with zero attached hydrogens (tertiary/aromatic N) is 4. The van der Waals surface area contributed by atoms with E-state index in [0.717, 1.165) is 11.3 Å². The number of benzene rings is 1. The summed E-state index contributed by atoms with van der Waals surface area (Å²) in [6.07, 6.45) is 3.09. The summed E-state index contributed by atoms with van der Waals surface area (Å²) in [5, 5.41) is 6.85. The van der Waals surface area contributed by atoms with Crippen LogP contribution in [0.15, 0.2) is 36.9 Å². The van der Waals surface area contributed by atoms with Crippen LogP contribution in [-0.2, 0) is 6.54 Å². The molecule has 22 heavy (non-hydrogen) atoms. The number of aromatic nitrogens is 3. The molecule has 0 aliphatic heterocycles. The van der Waals surface area contributed by atoms with Gasteiger partial charge in [0.25, 0.3) is 0 Å². The van der Waals surface area contributed by atoms with Gasteiger partial charge < -0.3 is 15.0 Å². The highest BCUT2D eigenvalue weighted by molar-refractivity contribution is 5.74. The molecule has 0 saturated carbocycles. The van der Waals surface area contributed by atoms with E-state index >= 15 is 0 Å². The van der Waals surface area contributed by atoms with Gasteiger partial charge in [-0.1, -0.05) is 18.2 Å². The number of hydrogen-bond acceptors (Lipinski definition) is 4. The van der Waals surface area contributed by atoms with E-state index in [1.54, 1.807) is 30.1 Å². The van der Waals surface area contributed by atoms with Crippen molar-refractivity contribution in [2.24, 2.45) is 0 Å². The molecule has 1 aromatic heterocycles. The van der Waals surface area contributed by atoms with Crippen molar-refractivity contribution in [3.05, 3.63) is 42.5 Å². The lowest BCUT2D eigenvalue weighted by atomic mass is 10.1. The Morgan fingerprint density at radius 1 is 1.45 bits per heavy atom. The predicted octanol–water partition coefficient (Wildman–Crippen LogP) is 1.69. The standard InChI is InChI=1S/C15H21N5O2/c1-12(13-6-4-5-7-14(13)22-3)19(2)15(21)17-8-9-20-11-16-10-18-20/h4-7,10-12H,8-9H2,1-3H3,(H,17,21)/t12-/m1/s1. The number of para-hydroxylation sites is 1. The summed E-state index contributed by atoms with van der Waals surface area (Å²) in [5.74, 6) is 0.775. The maximum atomic E-state index is 12.2. The van der Waals surface area contributed by atoms with E-state index in [2.05, 4.69) is 15.4 Å². The number of nitrogens with one attached hydrogen (secondary N) is 1. The van der Waals surface area contributed by atoms with Crippen molar-refractivity contribution in [1.29, 1.82) is 0 Å². The van der Waals surface area contributed by atoms with Crippen LogP contribution in [0.25, 0.3) is 0 Å². The molecule has 0 aliphatic carbocycles. The fraction of sp³-hybridized carbons (Fsp3) is 0.400. The van der Waals surface area contributed by atoms with E-state index in [1.165, 1.54) is 6.33 Å². The van der Waals surface area contributed by atoms with Crippen LogP contribution in [0.3, 0.4) is 0 Å². The first-order valence-corrected chi connectivity index (χ1v) is 7.09. The summed E-state index contributed by atoms with van der Waals surface area (Å²) < 4.78 is 7.02. The average Bonchev–Trinajstić information content (AvgIpc) is 3.06. The largest absolute Gasteiger partial charge is 0.496 e. The third-order valence-corrected chi connectivity index (χ3v) is 3.57. The Morgan fingerprint density at radius 3 is 2.91 bits per heavy atom. The molecule has 1 N–H and O–H groups in total. The van der Waals surface area contributed by atoms with Gasteiger partial charge in [-0.2, -0.15) is 5.10 Å². The average molecular weight is 303 g/mol. The van der Waals surface area contributed by atoms with Gasteiger partial charge in [0.2, 0.25) is 0 Å². The van der Waals surface area contributed by atoms with Gasteiger partial charge in [0, 0.05) is 19.2 Å². The lowest BCUT2D eigenvalue weighted by Gasteiger charge is -2.26. The van der Waals surface area contributed by atoms with Crippen LogP contribution in [0.4, 0.5) is 4.79 Å². The van der Waals surface area contributed by atoms with Crippen LogP contribution < -0.4 is 10.1 Å². The molecule has 0 fully saturated rings. The van der Waals surface area contributed by atoms with Crippen molar-refractivity contribution in [3.8, 4) is 5.75 Å². The fourth-order valence-electron chi connectivity index (χ4n) is 2.15. The number of amides is 2. The van der Waals surface area contributed by atoms with Crippen molar-refractivity contribution < 1.29 is 9.53 Å². The molecule has 0 bridgehead atoms. The maximum Gasteiger partial charge on any atom is 0.317 e. The molecule has 1 aromatic carbocycles. The second-order valence-electron chi connectivity index (χ2n) is 4.92. The molecule has 0 spiro atoms. The van der Waals surface area contributed by atoms with E-state index in [-0.39, 0.29) is 12.1 Å². The summed E-state index contributed by atoms with van der Waals surface area (Å²) in [5.41, 5.74) is 0.971. The maximum absolute atomic E-state index is 12.2. The van der Waals surface area contributed by atoms with Crippen molar-refractivity contribution in [2.45, 2.75) is 19.5 Å². The van der Waals surface area contributed by atoms with E-state index in [0.29, 0.717) is 13.1 Å². The number of carbonyl (C=O) groups excluding carboxylic acids is 1. The first-order valence-electron chi connectivity index (χ1n) is 7.09. The zero-order valence-electron chi connectivity index (χ0n) is 13.1. The van der Waals surface area contributed by atoms with Crippen LogP contribution in [0, 0.1) is 0 Å². The third-order valence-electron chi connectivity index (χ3n) is 3.57. The van der Waals surface area contributed by atoms with Gasteiger partial charge in [0.1, 0.15) is 18.4 Å². The summed E-state index contributed by atoms with van der Waals surface area (Å²) in [4.78, 5) is 17.7. The summed E-state index contributed by atoms with van der Waals surface area (Å²) in [7, 11) is 3.39. The Hall–Kier alpha value is -2.57. The second-order valence-corrected chi connectivity index (χ2v) is 4.92. The Labute approximate surface area is 129 Å². The summed E-state index contributed by atoms with van der Waals surface area (Å²) >= 11 is 0. The van der Waals surface area contributed by atoms with Crippen molar-refractivity contribution >= 4 is 6.03 Å². The highest BCUT2D eigenvalue weighted by Gasteiger charge is 2.19. The number of urea groups is 1. The molecule has 7 heteroatoms. The molecule has 7 nitrogen and oxygen atoms in total. The van der Waals surface area contributed by atoms with Gasteiger partial charge in [0.05, 0.1) is 19.7 Å². The highest BCUT2D eigenvalue weighted by atomic mass is 16.5. The number of rotatable bonds is 6. The first-order chi connectivity index (χ1) is 10.6. The predicted molar refractivity (Wildman–Crippen MR) is 82.6 cm³/mol. The van der Waals surface area contributed by atoms with E-state index in [9.17, 15) is 4.79 Å². The molecular weight excluding hydrogens is 282 g/mol. The topological polar surface area (TPSA) is 72.3 Å². The Balaban J connectivity index is 1.91. The van der Waals surface area contributed by atoms with Crippen LogP contribution in [-0.4, -0.2) is 46.4 Å². The molecule has 1 atom stereocenters. The van der Waals surface area contributed by atoms with Gasteiger partial charge in [-0.3, -0.25) is 4.68 Å². The minimum absolute atomic E-state index is 0.0949. The zero-order chi connectivity index (χ0) is 15.9. The molecule has 0 aliphatic rings. The lowest BCUT2D eigenvalue weighted by Crippen LogP contribution is -2.40. The van der Waals surface area contributed by atoms with Gasteiger partial charge in [0.15, 0.2) is 0 Å². The molecule has 2 amide bonds. The van der Waals surface area contributed by atoms with Crippen molar-refractivity contribution in [1.82, 2.24) is 25.0 Å². The molecule has 0 unspecified atom stereocenters. The number of hydrogen-bond donors (Lipinski definition) is 1. The minimum atomic E-state index is -0.140. The summed E-state index contributed by atoms with van der Waals surface area (Å²) in [6, 6.07) is 7.46. The number of methoxy groups -OCH3 is 1. The van der Waals surface area contributed by atoms with E-state index < -0.39 is 0 Å². The van der Waals surface area contributed by atoms with E-state index in [4.69, 9.17) is 4.74 Å². The third kappa shape index (κ3) is 3.75. The first kappa shape index (κ1) is 15.8. The monoisotopic (exact) mass is 303 g/mol. The lowest BCUT2D eigenvalue weighted by molar-refractivity contribution is 0.193. The van der Waals surface area contributed by atoms with Crippen LogP contribution in [0.1, 0.15) is 18.5 Å². The molecule has 118 valence electrons. The van der Waals surface area contributed by atoms with Crippen LogP contribution in [0.2, 0.25) is 0 Å². The van der Waals surface area contributed by atoms with E-state index in [1.807, 2.05) is 31.2 Å². The molecular formula is C15H21N5O2. The minimum Gasteiger partial charge on any atom is -0.496 e. The van der Waals surface area contributed by atoms with Gasteiger partial charge in [-0.25, -0.2) is 9.78 Å². The Bertz CT molecular complexity index is 600. The van der Waals surface area contributed by atoms with Crippen LogP contribution >= 0.6 is 0 Å². The Kier molecular flexibility index (Phi) is 5.35. The number of ether oxygens (including phenoxy) is 1. The fourth-order valence-corrected chi connectivity index (χ4v) is 2.15. The molecule has 0 radical (unpaired) electrons. The van der Waals surface area contributed by atoms with Crippen molar-refractivity contribution in [2.75, 3.05) is 20.7 Å².